The molecule has 0 aromatic heterocycles. The summed E-state index contributed by atoms with van der Waals surface area (Å²) in [6.45, 7) is 7.02. The molecule has 0 N–H and O–H groups in total. The predicted octanol–water partition coefficient (Wildman–Crippen LogP) is 1.80. The van der Waals surface area contributed by atoms with Gasteiger partial charge in [-0.15, -0.1) is 0 Å². The second-order valence-corrected chi connectivity index (χ2v) is 6.80. The molecule has 24 heavy (non-hydrogen) atoms. The van der Waals surface area contributed by atoms with E-state index in [0.717, 1.165) is 10.0 Å². The number of carbonyl (C=O) groups excluding carboxylic acids is 3. The molecule has 7 heteroatoms. The monoisotopic (exact) mass is 395 g/mol. The normalized spacial score (nSPS) is 14.5. The van der Waals surface area contributed by atoms with Gasteiger partial charge in [0.25, 0.3) is 0 Å². The third-order valence-corrected chi connectivity index (χ3v) is 4.78. The van der Waals surface area contributed by atoms with Gasteiger partial charge in [-0.2, -0.15) is 0 Å². The standard InChI is InChI=1S/C17H22BrN3O3/c1-12-4-5-16(15(18)10-12)21(14(3)23)11-17(24)20-8-6-19(7-9-20)13(2)22/h4-5,10H,6-9,11H2,1-3H3. The lowest BCUT2D eigenvalue weighted by molar-refractivity contribution is -0.137. The van der Waals surface area contributed by atoms with Crippen LogP contribution < -0.4 is 4.90 Å². The van der Waals surface area contributed by atoms with Gasteiger partial charge in [0, 0.05) is 44.5 Å². The molecule has 1 fully saturated rings. The highest BCUT2D eigenvalue weighted by Crippen LogP contribution is 2.27. The summed E-state index contributed by atoms with van der Waals surface area (Å²) in [5, 5.41) is 0. The second-order valence-electron chi connectivity index (χ2n) is 5.95. The lowest BCUT2D eigenvalue weighted by Crippen LogP contribution is -2.52. The highest BCUT2D eigenvalue weighted by molar-refractivity contribution is 9.10. The van der Waals surface area contributed by atoms with Crippen LogP contribution in [-0.2, 0) is 14.4 Å². The summed E-state index contributed by atoms with van der Waals surface area (Å²) < 4.78 is 0.784. The quantitative estimate of drug-likeness (QED) is 0.783. The highest BCUT2D eigenvalue weighted by Gasteiger charge is 2.25. The smallest absolute Gasteiger partial charge is 0.242 e. The topological polar surface area (TPSA) is 60.9 Å². The second kappa shape index (κ2) is 7.79. The van der Waals surface area contributed by atoms with E-state index in [0.29, 0.717) is 31.9 Å². The number of piperazine rings is 1. The summed E-state index contributed by atoms with van der Waals surface area (Å²) in [4.78, 5) is 40.8. The molecule has 1 aromatic rings. The van der Waals surface area contributed by atoms with Crippen molar-refractivity contribution in [1.29, 1.82) is 0 Å². The Morgan fingerprint density at radius 1 is 1.08 bits per heavy atom. The van der Waals surface area contributed by atoms with Gasteiger partial charge >= 0.3 is 0 Å². The zero-order valence-electron chi connectivity index (χ0n) is 14.2. The largest absolute Gasteiger partial charge is 0.339 e. The van der Waals surface area contributed by atoms with Gasteiger partial charge in [-0.25, -0.2) is 0 Å². The van der Waals surface area contributed by atoms with Gasteiger partial charge in [-0.05, 0) is 40.5 Å². The maximum atomic E-state index is 12.6. The minimum Gasteiger partial charge on any atom is -0.339 e. The first kappa shape index (κ1) is 18.4. The molecule has 0 saturated carbocycles. The van der Waals surface area contributed by atoms with Crippen LogP contribution in [0.4, 0.5) is 5.69 Å². The van der Waals surface area contributed by atoms with E-state index >= 15 is 0 Å². The van der Waals surface area contributed by atoms with E-state index in [1.807, 2.05) is 25.1 Å². The average Bonchev–Trinajstić information content (AvgIpc) is 2.53. The van der Waals surface area contributed by atoms with Crippen LogP contribution in [0.2, 0.25) is 0 Å². The minimum absolute atomic E-state index is 0.00291. The number of aryl methyl sites for hydroxylation is 1. The molecule has 1 aliphatic rings. The van der Waals surface area contributed by atoms with Crippen molar-refractivity contribution in [3.05, 3.63) is 28.2 Å². The van der Waals surface area contributed by atoms with Crippen molar-refractivity contribution in [1.82, 2.24) is 9.80 Å². The number of hydrogen-bond donors (Lipinski definition) is 0. The van der Waals surface area contributed by atoms with Crippen LogP contribution in [0.5, 0.6) is 0 Å². The Balaban J connectivity index is 2.07. The third kappa shape index (κ3) is 4.35. The van der Waals surface area contributed by atoms with Crippen molar-refractivity contribution >= 4 is 39.3 Å². The summed E-state index contributed by atoms with van der Waals surface area (Å²) in [5.41, 5.74) is 1.75. The molecular formula is C17H22BrN3O3. The molecule has 1 saturated heterocycles. The molecule has 6 nitrogen and oxygen atoms in total. The highest BCUT2D eigenvalue weighted by atomic mass is 79.9. The van der Waals surface area contributed by atoms with Crippen LogP contribution in [0, 0.1) is 6.92 Å². The Bertz CT molecular complexity index is 654. The van der Waals surface area contributed by atoms with E-state index in [2.05, 4.69) is 15.9 Å². The van der Waals surface area contributed by atoms with Gasteiger partial charge in [-0.3, -0.25) is 14.4 Å². The number of nitrogens with zero attached hydrogens (tertiary/aromatic N) is 3. The zero-order chi connectivity index (χ0) is 17.9. The van der Waals surface area contributed by atoms with Gasteiger partial charge in [0.1, 0.15) is 6.54 Å². The zero-order valence-corrected chi connectivity index (χ0v) is 15.8. The fourth-order valence-electron chi connectivity index (χ4n) is 2.70. The van der Waals surface area contributed by atoms with E-state index in [-0.39, 0.29) is 24.3 Å². The lowest BCUT2D eigenvalue weighted by Gasteiger charge is -2.35. The summed E-state index contributed by atoms with van der Waals surface area (Å²) >= 11 is 3.46. The number of benzene rings is 1. The van der Waals surface area contributed by atoms with Crippen molar-refractivity contribution in [2.75, 3.05) is 37.6 Å². The van der Waals surface area contributed by atoms with E-state index in [1.165, 1.54) is 18.7 Å². The Morgan fingerprint density at radius 3 is 2.17 bits per heavy atom. The van der Waals surface area contributed by atoms with Gasteiger partial charge in [0.15, 0.2) is 0 Å². The van der Waals surface area contributed by atoms with E-state index < -0.39 is 0 Å². The summed E-state index contributed by atoms with van der Waals surface area (Å²) in [6, 6.07) is 5.66. The van der Waals surface area contributed by atoms with E-state index in [1.54, 1.807) is 9.80 Å². The summed E-state index contributed by atoms with van der Waals surface area (Å²) in [6.07, 6.45) is 0. The number of hydrogen-bond acceptors (Lipinski definition) is 3. The first-order valence-electron chi connectivity index (χ1n) is 7.87. The third-order valence-electron chi connectivity index (χ3n) is 4.15. The molecule has 3 amide bonds. The molecule has 0 bridgehead atoms. The van der Waals surface area contributed by atoms with Crippen LogP contribution in [0.15, 0.2) is 22.7 Å². The Hall–Kier alpha value is -1.89. The molecule has 0 spiro atoms. The number of amides is 3. The molecular weight excluding hydrogens is 374 g/mol. The number of rotatable bonds is 3. The van der Waals surface area contributed by atoms with Gasteiger partial charge in [-0.1, -0.05) is 6.07 Å². The van der Waals surface area contributed by atoms with Crippen LogP contribution in [0.3, 0.4) is 0 Å². The lowest BCUT2D eigenvalue weighted by atomic mass is 10.2. The van der Waals surface area contributed by atoms with Crippen LogP contribution >= 0.6 is 15.9 Å². The molecule has 0 unspecified atom stereocenters. The maximum absolute atomic E-state index is 12.6. The first-order chi connectivity index (χ1) is 11.3. The molecule has 130 valence electrons. The molecule has 0 aliphatic carbocycles. The number of anilines is 1. The van der Waals surface area contributed by atoms with Crippen molar-refractivity contribution < 1.29 is 14.4 Å². The van der Waals surface area contributed by atoms with E-state index in [9.17, 15) is 14.4 Å². The van der Waals surface area contributed by atoms with Crippen molar-refractivity contribution in [2.45, 2.75) is 20.8 Å². The van der Waals surface area contributed by atoms with Crippen LogP contribution in [-0.4, -0.2) is 60.2 Å². The van der Waals surface area contributed by atoms with Gasteiger partial charge < -0.3 is 14.7 Å². The Labute approximate surface area is 150 Å². The van der Waals surface area contributed by atoms with E-state index in [4.69, 9.17) is 0 Å². The fourth-order valence-corrected chi connectivity index (χ4v) is 3.41. The fraction of sp³-hybridized carbons (Fsp3) is 0.471. The van der Waals surface area contributed by atoms with Crippen molar-refractivity contribution in [2.24, 2.45) is 0 Å². The first-order valence-corrected chi connectivity index (χ1v) is 8.66. The molecule has 0 radical (unpaired) electrons. The SMILES string of the molecule is CC(=O)N1CCN(C(=O)CN(C(C)=O)c2ccc(C)cc2Br)CC1. The predicted molar refractivity (Wildman–Crippen MR) is 95.7 cm³/mol. The average molecular weight is 396 g/mol. The Morgan fingerprint density at radius 2 is 1.67 bits per heavy atom. The van der Waals surface area contributed by atoms with Gasteiger partial charge in [0.2, 0.25) is 17.7 Å². The number of carbonyl (C=O) groups is 3. The molecule has 1 heterocycles. The van der Waals surface area contributed by atoms with Crippen LogP contribution in [0.25, 0.3) is 0 Å². The molecule has 2 rings (SSSR count). The maximum Gasteiger partial charge on any atom is 0.242 e. The van der Waals surface area contributed by atoms with Crippen LogP contribution in [0.1, 0.15) is 19.4 Å². The van der Waals surface area contributed by atoms with Gasteiger partial charge in [0.05, 0.1) is 5.69 Å². The summed E-state index contributed by atoms with van der Waals surface area (Å²) in [7, 11) is 0. The minimum atomic E-state index is -0.185. The Kier molecular flexibility index (Phi) is 5.99. The van der Waals surface area contributed by atoms with Crippen molar-refractivity contribution in [3.63, 3.8) is 0 Å². The van der Waals surface area contributed by atoms with Crippen molar-refractivity contribution in [3.8, 4) is 0 Å². The molecule has 1 aliphatic heterocycles. The number of halogens is 1. The molecule has 0 atom stereocenters. The summed E-state index contributed by atoms with van der Waals surface area (Å²) in [5.74, 6) is -0.271. The molecule has 1 aromatic carbocycles.